The molecule has 1 aromatic carbocycles. The maximum atomic E-state index is 2.14. The topological polar surface area (TPSA) is 0 Å². The summed E-state index contributed by atoms with van der Waals surface area (Å²) in [6, 6.07) is 8.40. The van der Waals surface area contributed by atoms with Gasteiger partial charge >= 0.3 is 37.7 Å². The number of allylic oxidation sites excluding steroid dienone is 2. The second kappa shape index (κ2) is 5.13. The van der Waals surface area contributed by atoms with Crippen LogP contribution in [0.25, 0.3) is 6.08 Å². The van der Waals surface area contributed by atoms with Crippen LogP contribution in [0.2, 0.25) is 0 Å². The van der Waals surface area contributed by atoms with E-state index in [1.807, 2.05) is 0 Å². The van der Waals surface area contributed by atoms with Crippen LogP contribution in [-0.2, 0) is 0 Å². The first-order valence-electron chi connectivity index (χ1n) is 3.56. The Morgan fingerprint density at radius 3 is 2.83 bits per heavy atom. The minimum Gasteiger partial charge on any atom is -1.00 e. The van der Waals surface area contributed by atoms with Crippen molar-refractivity contribution in [2.75, 3.05) is 0 Å². The Morgan fingerprint density at radius 1 is 1.08 bits per heavy atom. The summed E-state index contributed by atoms with van der Waals surface area (Å²) in [7, 11) is 0. The largest absolute Gasteiger partial charge is 2.00 e. The first-order chi connectivity index (χ1) is 5.47. The molecule has 0 saturated carbocycles. The zero-order valence-corrected chi connectivity index (χ0v) is 9.76. The van der Waals surface area contributed by atoms with Crippen molar-refractivity contribution in [3.63, 3.8) is 0 Å². The van der Waals surface area contributed by atoms with Crippen molar-refractivity contribution in [2.45, 2.75) is 4.90 Å². The van der Waals surface area contributed by atoms with Crippen LogP contribution in [-0.4, -0.2) is 37.7 Å². The Hall–Kier alpha value is 0.310. The second-order valence-electron chi connectivity index (χ2n) is 2.34. The smallest absolute Gasteiger partial charge is 1.00 e. The van der Waals surface area contributed by atoms with Gasteiger partial charge in [-0.15, -0.1) is 0 Å². The molecule has 1 aliphatic heterocycles. The van der Waals surface area contributed by atoms with E-state index < -0.39 is 0 Å². The maximum absolute atomic E-state index is 2.14. The minimum absolute atomic E-state index is 0. The molecule has 0 fully saturated rings. The number of hydrogen-bond acceptors (Lipinski definition) is 1. The normalized spacial score (nSPS) is 13.0. The van der Waals surface area contributed by atoms with Crippen molar-refractivity contribution in [2.24, 2.45) is 0 Å². The van der Waals surface area contributed by atoms with Crippen LogP contribution in [0, 0.1) is 0 Å². The Morgan fingerprint density at radius 2 is 1.92 bits per heavy atom. The van der Waals surface area contributed by atoms with E-state index in [2.05, 4.69) is 47.9 Å². The molecule has 1 heterocycles. The van der Waals surface area contributed by atoms with Crippen LogP contribution >= 0.6 is 11.8 Å². The molecule has 0 N–H and O–H groups in total. The molecule has 0 atom stereocenters. The van der Waals surface area contributed by atoms with Crippen molar-refractivity contribution in [3.05, 3.63) is 47.4 Å². The summed E-state index contributed by atoms with van der Waals surface area (Å²) in [5.41, 5.74) is 1.31. The molecule has 0 amide bonds. The van der Waals surface area contributed by atoms with E-state index in [0.717, 1.165) is 0 Å². The van der Waals surface area contributed by atoms with E-state index in [4.69, 9.17) is 0 Å². The molecule has 0 aliphatic carbocycles. The van der Waals surface area contributed by atoms with Gasteiger partial charge in [0.1, 0.15) is 0 Å². The summed E-state index contributed by atoms with van der Waals surface area (Å²) in [5, 5.41) is 2.10. The predicted molar refractivity (Wildman–Crippen MR) is 58.5 cm³/mol. The summed E-state index contributed by atoms with van der Waals surface area (Å²) in [4.78, 5) is 1.33. The van der Waals surface area contributed by atoms with Crippen molar-refractivity contribution in [1.29, 1.82) is 0 Å². The average Bonchev–Trinajstić information content (AvgIpc) is 2.28. The van der Waals surface area contributed by atoms with Crippen molar-refractivity contribution >= 4 is 55.6 Å². The molecule has 0 radical (unpaired) electrons. The average molecular weight is 202 g/mol. The minimum atomic E-state index is 0. The summed E-state index contributed by atoms with van der Waals surface area (Å²) in [6.07, 6.45) is 6.26. The van der Waals surface area contributed by atoms with Gasteiger partial charge in [0, 0.05) is 4.90 Å². The monoisotopic (exact) mass is 202 g/mol. The van der Waals surface area contributed by atoms with Gasteiger partial charge in [0.15, 0.2) is 0 Å². The molecule has 1 aromatic rings. The zero-order valence-electron chi connectivity index (χ0n) is 8.73. The van der Waals surface area contributed by atoms with E-state index in [1.165, 1.54) is 10.5 Å². The van der Waals surface area contributed by atoms with Gasteiger partial charge in [0.25, 0.3) is 0 Å². The molecule has 2 rings (SSSR count). The molecule has 0 nitrogen and oxygen atoms in total. The third kappa shape index (κ3) is 2.40. The Kier molecular flexibility index (Phi) is 4.44. The van der Waals surface area contributed by atoms with Gasteiger partial charge in [-0.1, -0.05) is 48.2 Å². The van der Waals surface area contributed by atoms with Crippen LogP contribution in [0.4, 0.5) is 0 Å². The molecule has 0 unspecified atom stereocenters. The van der Waals surface area contributed by atoms with Crippen LogP contribution in [0.3, 0.4) is 0 Å². The molecule has 0 saturated heterocycles. The molecule has 12 heavy (non-hydrogen) atoms. The summed E-state index contributed by atoms with van der Waals surface area (Å²) in [5.74, 6) is 0. The molecule has 58 valence electrons. The Bertz CT molecular complexity index is 324. The molecule has 0 bridgehead atoms. The van der Waals surface area contributed by atoms with Crippen molar-refractivity contribution in [1.82, 2.24) is 0 Å². The first-order valence-corrected chi connectivity index (χ1v) is 4.44. The molecule has 1 aliphatic rings. The Labute approximate surface area is 110 Å². The summed E-state index contributed by atoms with van der Waals surface area (Å²) < 4.78 is 0. The number of rotatable bonds is 0. The van der Waals surface area contributed by atoms with Gasteiger partial charge in [-0.3, -0.25) is 0 Å². The van der Waals surface area contributed by atoms with E-state index in [0.29, 0.717) is 0 Å². The van der Waals surface area contributed by atoms with Gasteiger partial charge in [-0.25, -0.2) is 0 Å². The SMILES string of the molecule is C1=CSc2ccccc2C=C1.[Ca+2].[H-].[H-]. The first kappa shape index (κ1) is 10.4. The predicted octanol–water partition coefficient (Wildman–Crippen LogP) is 3.16. The second-order valence-corrected chi connectivity index (χ2v) is 3.29. The van der Waals surface area contributed by atoms with Gasteiger partial charge in [-0.2, -0.15) is 0 Å². The number of thioether (sulfide) groups is 1. The van der Waals surface area contributed by atoms with Crippen molar-refractivity contribution in [3.8, 4) is 0 Å². The standard InChI is InChI=1S/C10H8S.Ca.2H/c1-2-7-10-9(5-1)6-3-4-8-11-10;;;/h1-8H;;;/q;+2;2*-1. The van der Waals surface area contributed by atoms with Crippen LogP contribution < -0.4 is 0 Å². The fourth-order valence-corrected chi connectivity index (χ4v) is 1.79. The Balaban J connectivity index is 0. The van der Waals surface area contributed by atoms with E-state index in [-0.39, 0.29) is 40.6 Å². The van der Waals surface area contributed by atoms with Crippen LogP contribution in [0.1, 0.15) is 8.42 Å². The molecule has 0 aromatic heterocycles. The molecular formula is C10H10CaS. The van der Waals surface area contributed by atoms with Gasteiger partial charge < -0.3 is 2.85 Å². The van der Waals surface area contributed by atoms with Crippen molar-refractivity contribution < 1.29 is 2.85 Å². The molecular weight excluding hydrogens is 192 g/mol. The maximum Gasteiger partial charge on any atom is 2.00 e. The fourth-order valence-electron chi connectivity index (χ4n) is 1.04. The summed E-state index contributed by atoms with van der Waals surface area (Å²) in [6.45, 7) is 0. The zero-order chi connectivity index (χ0) is 7.52. The van der Waals surface area contributed by atoms with Crippen LogP contribution in [0.15, 0.2) is 46.7 Å². The molecule has 0 spiro atoms. The van der Waals surface area contributed by atoms with E-state index >= 15 is 0 Å². The van der Waals surface area contributed by atoms with Crippen LogP contribution in [0.5, 0.6) is 0 Å². The fraction of sp³-hybridized carbons (Fsp3) is 0. The number of hydrogen-bond donors (Lipinski definition) is 0. The number of benzene rings is 1. The van der Waals surface area contributed by atoms with E-state index in [1.54, 1.807) is 11.8 Å². The quantitative estimate of drug-likeness (QED) is 0.582. The summed E-state index contributed by atoms with van der Waals surface area (Å²) >= 11 is 1.77. The van der Waals surface area contributed by atoms with Gasteiger partial charge in [0.05, 0.1) is 0 Å². The van der Waals surface area contributed by atoms with Gasteiger partial charge in [0.2, 0.25) is 0 Å². The third-order valence-electron chi connectivity index (χ3n) is 1.58. The van der Waals surface area contributed by atoms with Gasteiger partial charge in [-0.05, 0) is 17.0 Å². The van der Waals surface area contributed by atoms with E-state index in [9.17, 15) is 0 Å². The third-order valence-corrected chi connectivity index (χ3v) is 2.50. The molecule has 2 heteroatoms. The number of fused-ring (bicyclic) bond motifs is 1.